The summed E-state index contributed by atoms with van der Waals surface area (Å²) in [6.07, 6.45) is -1.70. The zero-order valence-corrected chi connectivity index (χ0v) is 35.8. The molecule has 0 bridgehead atoms. The molecule has 0 saturated heterocycles. The molecule has 7 atom stereocenters. The van der Waals surface area contributed by atoms with Crippen molar-refractivity contribution in [2.45, 2.75) is 114 Å². The van der Waals surface area contributed by atoms with E-state index in [-0.39, 0.29) is 88.4 Å². The summed E-state index contributed by atoms with van der Waals surface area (Å²) in [5.74, 6) is -11.6. The molecule has 0 aliphatic rings. The van der Waals surface area contributed by atoms with Gasteiger partial charge in [-0.1, -0.05) is 13.8 Å². The molecule has 0 fully saturated rings. The van der Waals surface area contributed by atoms with Gasteiger partial charge in [0.15, 0.2) is 17.9 Å². The summed E-state index contributed by atoms with van der Waals surface area (Å²) in [4.78, 5) is 127. The van der Waals surface area contributed by atoms with Crippen LogP contribution in [0.1, 0.15) is 71.6 Å². The van der Waals surface area contributed by atoms with Gasteiger partial charge in [-0.3, -0.25) is 53.3 Å². The van der Waals surface area contributed by atoms with Crippen molar-refractivity contribution >= 4 is 71.2 Å². The molecule has 0 aliphatic heterocycles. The summed E-state index contributed by atoms with van der Waals surface area (Å²) < 4.78 is 0. The van der Waals surface area contributed by atoms with Gasteiger partial charge in [-0.25, -0.2) is 4.79 Å². The number of aliphatic hydroxyl groups excluding tert-OH is 1. The predicted molar refractivity (Wildman–Crippen MR) is 230 cm³/mol. The number of hydrogen-bond acceptors (Lipinski definition) is 14. The lowest BCUT2D eigenvalue weighted by molar-refractivity contribution is -0.143. The number of guanidine groups is 3. The molecule has 0 rings (SSSR count). The van der Waals surface area contributed by atoms with Crippen LogP contribution in [0.5, 0.6) is 0 Å². The van der Waals surface area contributed by atoms with E-state index < -0.39 is 115 Å². The Balaban J connectivity index is 6.33. The van der Waals surface area contributed by atoms with Crippen molar-refractivity contribution in [3.63, 3.8) is 0 Å². The van der Waals surface area contributed by atoms with Gasteiger partial charge in [-0.05, 0) is 50.9 Å². The van der Waals surface area contributed by atoms with Crippen LogP contribution in [0.15, 0.2) is 15.0 Å². The van der Waals surface area contributed by atoms with Crippen molar-refractivity contribution in [1.82, 2.24) is 31.9 Å². The highest BCUT2D eigenvalue weighted by Gasteiger charge is 2.35. The monoisotopic (exact) mass is 915 g/mol. The van der Waals surface area contributed by atoms with Gasteiger partial charge in [0.1, 0.15) is 36.3 Å². The topological polar surface area (TPSA) is 532 Å². The van der Waals surface area contributed by atoms with Crippen LogP contribution >= 0.6 is 0 Å². The molecule has 25 N–H and O–H groups in total. The first-order chi connectivity index (χ1) is 29.9. The molecule has 0 radical (unpaired) electrons. The van der Waals surface area contributed by atoms with Gasteiger partial charge < -0.3 is 93.1 Å². The Bertz CT molecular complexity index is 1700. The minimum atomic E-state index is -1.97. The van der Waals surface area contributed by atoms with Crippen LogP contribution in [0.25, 0.3) is 0 Å². The van der Waals surface area contributed by atoms with E-state index in [9.17, 15) is 58.5 Å². The quantitative estimate of drug-likeness (QED) is 0.0169. The Morgan fingerprint density at radius 1 is 0.484 bits per heavy atom. The standard InChI is InChI=1S/C35H65N17O12/c1-16(2)12-20(28(59)47-18(7-4-10-45-34(40)41)27(58)48-19(32(63)64)8-5-11-46-35(42)43)49-29(60)21(13-24(37)54)50-30(61)22(14-25(55)56)51-31(62)23(15-53)52-26(57)17(36)6-3-9-44-33(38)39/h16-23,53H,3-15,36H2,1-2H3,(H2,37,54)(H,47,59)(H,48,58)(H,49,60)(H,50,61)(H,51,62)(H,52,57)(H,55,56)(H,63,64)(H4,38,39,44)(H4,40,41,45)(H4,42,43,46)/t17-,18-,19-,20-,21-,22-,23-/m0/s1. The fourth-order valence-corrected chi connectivity index (χ4v) is 5.52. The number of aliphatic hydroxyl groups is 1. The van der Waals surface area contributed by atoms with Crippen LogP contribution in [-0.2, 0) is 43.2 Å². The molecule has 362 valence electrons. The zero-order valence-electron chi connectivity index (χ0n) is 35.8. The first-order valence-corrected chi connectivity index (χ1v) is 20.0. The highest BCUT2D eigenvalue weighted by atomic mass is 16.4. The fourth-order valence-electron chi connectivity index (χ4n) is 5.52. The molecule has 29 nitrogen and oxygen atoms in total. The third-order valence-corrected chi connectivity index (χ3v) is 8.65. The molecule has 0 aromatic heterocycles. The largest absolute Gasteiger partial charge is 0.481 e. The lowest BCUT2D eigenvalue weighted by Crippen LogP contribution is -2.60. The summed E-state index contributed by atoms with van der Waals surface area (Å²) in [7, 11) is 0. The van der Waals surface area contributed by atoms with Crippen LogP contribution < -0.4 is 77.8 Å². The lowest BCUT2D eigenvalue weighted by atomic mass is 10.0. The van der Waals surface area contributed by atoms with E-state index in [4.69, 9.17) is 45.9 Å². The molecule has 0 heterocycles. The number of nitrogens with two attached hydrogens (primary N) is 8. The van der Waals surface area contributed by atoms with Crippen molar-refractivity contribution in [1.29, 1.82) is 0 Å². The highest BCUT2D eigenvalue weighted by Crippen LogP contribution is 2.10. The summed E-state index contributed by atoms with van der Waals surface area (Å²) in [6.45, 7) is 2.55. The number of nitrogens with one attached hydrogen (secondary N) is 6. The first-order valence-electron chi connectivity index (χ1n) is 20.0. The Kier molecular flexibility index (Phi) is 26.8. The van der Waals surface area contributed by atoms with Gasteiger partial charge >= 0.3 is 11.9 Å². The number of amides is 7. The van der Waals surface area contributed by atoms with Crippen LogP contribution in [0.4, 0.5) is 0 Å². The van der Waals surface area contributed by atoms with Crippen LogP contribution in [0.3, 0.4) is 0 Å². The molecule has 64 heavy (non-hydrogen) atoms. The van der Waals surface area contributed by atoms with Gasteiger partial charge in [0, 0.05) is 19.6 Å². The van der Waals surface area contributed by atoms with Crippen LogP contribution in [-0.4, -0.2) is 155 Å². The maximum atomic E-state index is 13.8. The number of carbonyl (C=O) groups excluding carboxylic acids is 7. The third-order valence-electron chi connectivity index (χ3n) is 8.65. The number of carboxylic acid groups (broad SMARTS) is 2. The number of nitrogens with zero attached hydrogens (tertiary/aromatic N) is 3. The van der Waals surface area contributed by atoms with Crippen molar-refractivity contribution in [2.24, 2.45) is 66.8 Å². The van der Waals surface area contributed by atoms with Gasteiger partial charge in [0.25, 0.3) is 0 Å². The lowest BCUT2D eigenvalue weighted by Gasteiger charge is -2.27. The Morgan fingerprint density at radius 2 is 0.844 bits per heavy atom. The molecule has 7 amide bonds. The SMILES string of the molecule is CC(C)C[C@H](NC(=O)[C@H](CC(N)=O)NC(=O)[C@H](CC(=O)O)NC(=O)[C@H](CO)NC(=O)[C@@H](N)CCCN=C(N)N)C(=O)N[C@@H](CCCN=C(N)N)C(=O)N[C@@H](CCCN=C(N)N)C(=O)O. The second-order valence-electron chi connectivity index (χ2n) is 14.7. The third kappa shape index (κ3) is 25.0. The predicted octanol–water partition coefficient (Wildman–Crippen LogP) is -8.14. The minimum Gasteiger partial charge on any atom is -0.481 e. The number of aliphatic imine (C=N–C) groups is 3. The number of hydrogen-bond donors (Lipinski definition) is 17. The second kappa shape index (κ2) is 30.1. The molecule has 0 aromatic rings. The van der Waals surface area contributed by atoms with E-state index in [2.05, 4.69) is 46.9 Å². The first kappa shape index (κ1) is 57.0. The van der Waals surface area contributed by atoms with Gasteiger partial charge in [-0.2, -0.15) is 0 Å². The van der Waals surface area contributed by atoms with E-state index in [0.717, 1.165) is 0 Å². The summed E-state index contributed by atoms with van der Waals surface area (Å²) in [5, 5.41) is 42.7. The van der Waals surface area contributed by atoms with Crippen molar-refractivity contribution in [3.05, 3.63) is 0 Å². The average molecular weight is 916 g/mol. The Morgan fingerprint density at radius 3 is 1.27 bits per heavy atom. The number of primary amides is 1. The van der Waals surface area contributed by atoms with Crippen molar-refractivity contribution in [2.75, 3.05) is 26.2 Å². The van der Waals surface area contributed by atoms with Gasteiger partial charge in [0.2, 0.25) is 41.4 Å². The maximum absolute atomic E-state index is 13.8. The summed E-state index contributed by atoms with van der Waals surface area (Å²) >= 11 is 0. The van der Waals surface area contributed by atoms with E-state index in [1.54, 1.807) is 13.8 Å². The highest BCUT2D eigenvalue weighted by molar-refractivity contribution is 5.99. The smallest absolute Gasteiger partial charge is 0.326 e. The number of carboxylic acids is 2. The van der Waals surface area contributed by atoms with Crippen molar-refractivity contribution in [3.8, 4) is 0 Å². The van der Waals surface area contributed by atoms with E-state index in [0.29, 0.717) is 0 Å². The molecule has 0 unspecified atom stereocenters. The fraction of sp³-hybridized carbons (Fsp3) is 0.657. The molecular weight excluding hydrogens is 850 g/mol. The molecular formula is C35H65N17O12. The number of carbonyl (C=O) groups is 9. The van der Waals surface area contributed by atoms with E-state index >= 15 is 0 Å². The van der Waals surface area contributed by atoms with Gasteiger partial charge in [-0.15, -0.1) is 0 Å². The second-order valence-corrected chi connectivity index (χ2v) is 14.7. The van der Waals surface area contributed by atoms with Crippen molar-refractivity contribution < 1.29 is 58.5 Å². The van der Waals surface area contributed by atoms with Crippen LogP contribution in [0, 0.1) is 5.92 Å². The summed E-state index contributed by atoms with van der Waals surface area (Å²) in [6, 6.07) is -11.1. The maximum Gasteiger partial charge on any atom is 0.326 e. The molecule has 0 aromatic carbocycles. The van der Waals surface area contributed by atoms with Crippen LogP contribution in [0.2, 0.25) is 0 Å². The average Bonchev–Trinajstić information content (AvgIpc) is 3.18. The number of rotatable bonds is 32. The normalized spacial score (nSPS) is 14.0. The minimum absolute atomic E-state index is 0.0130. The summed E-state index contributed by atoms with van der Waals surface area (Å²) in [5.41, 5.74) is 43.1. The zero-order chi connectivity index (χ0) is 49.1. The Labute approximate surface area is 368 Å². The molecule has 0 spiro atoms. The number of aliphatic carboxylic acids is 2. The van der Waals surface area contributed by atoms with E-state index in [1.807, 2.05) is 0 Å². The Hall–Kier alpha value is -7.04. The van der Waals surface area contributed by atoms with E-state index in [1.165, 1.54) is 0 Å². The molecule has 0 aliphatic carbocycles. The molecule has 29 heteroatoms. The van der Waals surface area contributed by atoms with Gasteiger partial charge in [0.05, 0.1) is 25.5 Å². The molecule has 0 saturated carbocycles.